The number of carbonyl (C=O) groups is 1. The second-order valence-electron chi connectivity index (χ2n) is 4.27. The summed E-state index contributed by atoms with van der Waals surface area (Å²) in [5.74, 6) is 0.237. The van der Waals surface area contributed by atoms with E-state index in [2.05, 4.69) is 9.97 Å². The van der Waals surface area contributed by atoms with Crippen molar-refractivity contribution in [3.8, 4) is 0 Å². The summed E-state index contributed by atoms with van der Waals surface area (Å²) in [5, 5.41) is 0. The number of aryl methyl sites for hydroxylation is 2. The monoisotopic (exact) mass is 254 g/mol. The Morgan fingerprint density at radius 2 is 1.82 bits per heavy atom. The molecule has 0 aliphatic carbocycles. The van der Waals surface area contributed by atoms with Gasteiger partial charge in [-0.05, 0) is 18.9 Å². The predicted octanol–water partition coefficient (Wildman–Crippen LogP) is 0.501. The second kappa shape index (κ2) is 4.18. The summed E-state index contributed by atoms with van der Waals surface area (Å²) in [4.78, 5) is 19.5. The standard InChI is InChI=1S/C11H14N2O3S/c1-7-9-3-5-17(15,16)6-4-10(9)13-11(12-7)8(2)14/h3-6H2,1-2H3. The molecule has 0 bridgehead atoms. The third-order valence-electron chi connectivity index (χ3n) is 2.93. The van der Waals surface area contributed by atoms with Crippen molar-refractivity contribution in [3.05, 3.63) is 22.8 Å². The minimum atomic E-state index is -2.99. The lowest BCUT2D eigenvalue weighted by Gasteiger charge is -2.08. The molecule has 0 aromatic carbocycles. The molecule has 1 aliphatic rings. The van der Waals surface area contributed by atoms with Gasteiger partial charge < -0.3 is 0 Å². The maximum absolute atomic E-state index is 11.6. The van der Waals surface area contributed by atoms with Gasteiger partial charge in [-0.3, -0.25) is 4.79 Å². The van der Waals surface area contributed by atoms with Gasteiger partial charge in [-0.1, -0.05) is 0 Å². The quantitative estimate of drug-likeness (QED) is 0.682. The highest BCUT2D eigenvalue weighted by Gasteiger charge is 2.22. The Morgan fingerprint density at radius 1 is 1.18 bits per heavy atom. The van der Waals surface area contributed by atoms with Gasteiger partial charge in [-0.2, -0.15) is 0 Å². The van der Waals surface area contributed by atoms with Crippen molar-refractivity contribution in [2.24, 2.45) is 0 Å². The molecular weight excluding hydrogens is 240 g/mol. The molecule has 0 unspecified atom stereocenters. The van der Waals surface area contributed by atoms with E-state index in [1.165, 1.54) is 6.92 Å². The van der Waals surface area contributed by atoms with Crippen molar-refractivity contribution in [2.45, 2.75) is 26.7 Å². The van der Waals surface area contributed by atoms with Crippen LogP contribution in [0.5, 0.6) is 0 Å². The molecule has 92 valence electrons. The van der Waals surface area contributed by atoms with Crippen molar-refractivity contribution in [2.75, 3.05) is 11.5 Å². The van der Waals surface area contributed by atoms with Gasteiger partial charge in [0.05, 0.1) is 11.5 Å². The number of hydrogen-bond acceptors (Lipinski definition) is 5. The van der Waals surface area contributed by atoms with Crippen LogP contribution in [0.15, 0.2) is 0 Å². The van der Waals surface area contributed by atoms with Crippen LogP contribution in [0.4, 0.5) is 0 Å². The number of aromatic nitrogens is 2. The minimum absolute atomic E-state index is 0.105. The zero-order valence-corrected chi connectivity index (χ0v) is 10.7. The molecule has 1 aromatic heterocycles. The summed E-state index contributed by atoms with van der Waals surface area (Å²) < 4.78 is 23.1. The van der Waals surface area contributed by atoms with Crippen LogP contribution < -0.4 is 0 Å². The van der Waals surface area contributed by atoms with E-state index in [9.17, 15) is 13.2 Å². The van der Waals surface area contributed by atoms with Gasteiger partial charge in [0.25, 0.3) is 0 Å². The Morgan fingerprint density at radius 3 is 2.47 bits per heavy atom. The largest absolute Gasteiger partial charge is 0.291 e. The summed E-state index contributed by atoms with van der Waals surface area (Å²) in [5.41, 5.74) is 2.32. The lowest BCUT2D eigenvalue weighted by molar-refractivity contribution is 0.100. The molecule has 0 fully saturated rings. The third kappa shape index (κ3) is 2.52. The Bertz CT molecular complexity index is 579. The Labute approximate surface area is 100 Å². The maximum Gasteiger partial charge on any atom is 0.196 e. The first-order valence-electron chi connectivity index (χ1n) is 5.47. The summed E-state index contributed by atoms with van der Waals surface area (Å²) in [6, 6.07) is 0. The van der Waals surface area contributed by atoms with Gasteiger partial charge in [0, 0.05) is 24.7 Å². The molecule has 0 spiro atoms. The van der Waals surface area contributed by atoms with E-state index in [-0.39, 0.29) is 23.1 Å². The Kier molecular flexibility index (Phi) is 2.99. The van der Waals surface area contributed by atoms with E-state index in [1.807, 2.05) is 0 Å². The van der Waals surface area contributed by atoms with Crippen LogP contribution in [0.2, 0.25) is 0 Å². The zero-order chi connectivity index (χ0) is 12.6. The van der Waals surface area contributed by atoms with Crippen molar-refractivity contribution in [1.29, 1.82) is 0 Å². The van der Waals surface area contributed by atoms with Crippen LogP contribution in [0.1, 0.15) is 34.5 Å². The molecule has 1 aliphatic heterocycles. The maximum atomic E-state index is 11.6. The number of nitrogens with zero attached hydrogens (tertiary/aromatic N) is 2. The van der Waals surface area contributed by atoms with Crippen LogP contribution >= 0.6 is 0 Å². The summed E-state index contributed by atoms with van der Waals surface area (Å²) in [6.07, 6.45) is 0.822. The van der Waals surface area contributed by atoms with E-state index in [0.29, 0.717) is 18.5 Å². The first-order valence-corrected chi connectivity index (χ1v) is 7.29. The van der Waals surface area contributed by atoms with Gasteiger partial charge in [-0.25, -0.2) is 18.4 Å². The van der Waals surface area contributed by atoms with Gasteiger partial charge >= 0.3 is 0 Å². The first kappa shape index (κ1) is 12.2. The minimum Gasteiger partial charge on any atom is -0.291 e. The van der Waals surface area contributed by atoms with Crippen LogP contribution in [0.25, 0.3) is 0 Å². The summed E-state index contributed by atoms with van der Waals surface area (Å²) in [7, 11) is -2.99. The topological polar surface area (TPSA) is 77.0 Å². The Hall–Kier alpha value is -1.30. The lowest BCUT2D eigenvalue weighted by atomic mass is 10.1. The molecule has 5 nitrogen and oxygen atoms in total. The van der Waals surface area contributed by atoms with Crippen molar-refractivity contribution in [1.82, 2.24) is 9.97 Å². The van der Waals surface area contributed by atoms with Gasteiger partial charge in [0.15, 0.2) is 21.4 Å². The number of carbonyl (C=O) groups excluding carboxylic acids is 1. The number of hydrogen-bond donors (Lipinski definition) is 0. The highest BCUT2D eigenvalue weighted by molar-refractivity contribution is 7.91. The number of Topliss-reactive ketones (excluding diaryl/α,β-unsaturated/α-hetero) is 1. The van der Waals surface area contributed by atoms with Gasteiger partial charge in [0.1, 0.15) is 0 Å². The average molecular weight is 254 g/mol. The summed E-state index contributed by atoms with van der Waals surface area (Å²) >= 11 is 0. The Balaban J connectivity index is 2.50. The molecule has 1 aromatic rings. The molecule has 0 N–H and O–H groups in total. The molecule has 6 heteroatoms. The lowest BCUT2D eigenvalue weighted by Crippen LogP contribution is -2.10. The number of ketones is 1. The van der Waals surface area contributed by atoms with E-state index in [4.69, 9.17) is 0 Å². The molecule has 2 heterocycles. The fourth-order valence-corrected chi connectivity index (χ4v) is 3.18. The van der Waals surface area contributed by atoms with Crippen LogP contribution in [0.3, 0.4) is 0 Å². The van der Waals surface area contributed by atoms with E-state index in [0.717, 1.165) is 11.3 Å². The van der Waals surface area contributed by atoms with E-state index < -0.39 is 9.84 Å². The SMILES string of the molecule is CC(=O)c1nc(C)c2c(n1)CCS(=O)(=O)CC2. The van der Waals surface area contributed by atoms with Crippen molar-refractivity contribution >= 4 is 15.6 Å². The highest BCUT2D eigenvalue weighted by Crippen LogP contribution is 2.18. The smallest absolute Gasteiger partial charge is 0.196 e. The zero-order valence-electron chi connectivity index (χ0n) is 9.86. The molecule has 0 atom stereocenters. The first-order chi connectivity index (χ1) is 7.89. The molecule has 2 rings (SSSR count). The van der Waals surface area contributed by atoms with Crippen LogP contribution in [-0.4, -0.2) is 35.7 Å². The molecule has 0 radical (unpaired) electrons. The fourth-order valence-electron chi connectivity index (χ4n) is 1.96. The van der Waals surface area contributed by atoms with Crippen LogP contribution in [-0.2, 0) is 22.7 Å². The van der Waals surface area contributed by atoms with E-state index >= 15 is 0 Å². The molecule has 0 saturated carbocycles. The normalized spacial score (nSPS) is 18.2. The molecule has 0 amide bonds. The predicted molar refractivity (Wildman–Crippen MR) is 62.8 cm³/mol. The molecule has 17 heavy (non-hydrogen) atoms. The fraction of sp³-hybridized carbons (Fsp3) is 0.545. The van der Waals surface area contributed by atoms with Crippen molar-refractivity contribution in [3.63, 3.8) is 0 Å². The summed E-state index contributed by atoms with van der Waals surface area (Å²) in [6.45, 7) is 3.21. The highest BCUT2D eigenvalue weighted by atomic mass is 32.2. The second-order valence-corrected chi connectivity index (χ2v) is 6.57. The third-order valence-corrected chi connectivity index (χ3v) is 4.58. The number of rotatable bonds is 1. The van der Waals surface area contributed by atoms with Crippen molar-refractivity contribution < 1.29 is 13.2 Å². The van der Waals surface area contributed by atoms with Gasteiger partial charge in [0.2, 0.25) is 0 Å². The van der Waals surface area contributed by atoms with Gasteiger partial charge in [-0.15, -0.1) is 0 Å². The number of sulfone groups is 1. The number of fused-ring (bicyclic) bond motifs is 1. The van der Waals surface area contributed by atoms with E-state index in [1.54, 1.807) is 6.92 Å². The van der Waals surface area contributed by atoms with Crippen LogP contribution in [0, 0.1) is 6.92 Å². The molecule has 0 saturated heterocycles. The molecular formula is C11H14N2O3S. The average Bonchev–Trinajstić information content (AvgIpc) is 2.38.